The number of carbonyl (C=O) groups excluding carboxylic acids is 2. The van der Waals surface area contributed by atoms with Crippen LogP contribution in [0.5, 0.6) is 5.75 Å². The third-order valence-electron chi connectivity index (χ3n) is 4.04. The van der Waals surface area contributed by atoms with E-state index in [0.29, 0.717) is 12.2 Å². The molecule has 2 amide bonds. The number of methoxy groups -OCH3 is 1. The molecule has 1 aliphatic rings. The van der Waals surface area contributed by atoms with Crippen molar-refractivity contribution in [2.24, 2.45) is 5.92 Å². The number of carbonyl (C=O) groups is 2. The van der Waals surface area contributed by atoms with E-state index in [2.05, 4.69) is 10.6 Å². The molecule has 0 heterocycles. The van der Waals surface area contributed by atoms with Crippen LogP contribution in [-0.4, -0.2) is 24.7 Å². The van der Waals surface area contributed by atoms with Gasteiger partial charge in [-0.15, -0.1) is 11.8 Å². The zero-order valence-corrected chi connectivity index (χ0v) is 15.5. The number of rotatable bonds is 8. The molecule has 0 unspecified atom stereocenters. The molecule has 136 valence electrons. The van der Waals surface area contributed by atoms with E-state index in [0.717, 1.165) is 34.9 Å². The normalized spacial score (nSPS) is 13.1. The molecule has 1 aliphatic carbocycles. The highest BCUT2D eigenvalue weighted by atomic mass is 32.2. The van der Waals surface area contributed by atoms with Gasteiger partial charge in [0.05, 0.1) is 7.11 Å². The van der Waals surface area contributed by atoms with Crippen LogP contribution in [0.15, 0.2) is 53.4 Å². The van der Waals surface area contributed by atoms with Gasteiger partial charge in [0.25, 0.3) is 0 Å². The minimum atomic E-state index is -0.0271. The molecule has 5 nitrogen and oxygen atoms in total. The number of amides is 2. The fourth-order valence-corrected chi connectivity index (χ4v) is 3.24. The van der Waals surface area contributed by atoms with Crippen molar-refractivity contribution in [3.63, 3.8) is 0 Å². The second-order valence-corrected chi connectivity index (χ2v) is 7.33. The zero-order chi connectivity index (χ0) is 18.4. The molecule has 2 aromatic rings. The van der Waals surface area contributed by atoms with Crippen LogP contribution in [0.3, 0.4) is 0 Å². The Morgan fingerprint density at radius 3 is 2.19 bits per heavy atom. The Kier molecular flexibility index (Phi) is 6.17. The van der Waals surface area contributed by atoms with Crippen molar-refractivity contribution < 1.29 is 14.3 Å². The van der Waals surface area contributed by atoms with Crippen LogP contribution in [-0.2, 0) is 9.59 Å². The third kappa shape index (κ3) is 5.52. The largest absolute Gasteiger partial charge is 0.497 e. The molecule has 0 saturated heterocycles. The highest BCUT2D eigenvalue weighted by molar-refractivity contribution is 7.99. The summed E-state index contributed by atoms with van der Waals surface area (Å²) >= 11 is 1.63. The van der Waals surface area contributed by atoms with E-state index in [1.807, 2.05) is 36.4 Å². The van der Waals surface area contributed by atoms with Crippen LogP contribution in [0, 0.1) is 5.92 Å². The summed E-state index contributed by atoms with van der Waals surface area (Å²) in [5.74, 6) is 1.76. The van der Waals surface area contributed by atoms with Gasteiger partial charge in [-0.2, -0.15) is 0 Å². The van der Waals surface area contributed by atoms with Crippen LogP contribution in [0.2, 0.25) is 0 Å². The van der Waals surface area contributed by atoms with Gasteiger partial charge >= 0.3 is 0 Å². The van der Waals surface area contributed by atoms with Crippen molar-refractivity contribution in [1.29, 1.82) is 0 Å². The van der Waals surface area contributed by atoms with Gasteiger partial charge in [0.2, 0.25) is 11.8 Å². The number of anilines is 2. The maximum absolute atomic E-state index is 12.0. The number of ether oxygens (including phenoxy) is 1. The number of nitrogens with one attached hydrogen (secondary N) is 2. The molecule has 2 aromatic carbocycles. The Bertz CT molecular complexity index is 756. The van der Waals surface area contributed by atoms with Gasteiger partial charge in [-0.3, -0.25) is 9.59 Å². The SMILES string of the molecule is COc1ccc(SCCC(=O)Nc2ccc(NC(=O)C3CC3)cc2)cc1. The standard InChI is InChI=1S/C20H22N2O3S/c1-25-17-8-10-18(11-9-17)26-13-12-19(23)21-15-4-6-16(7-5-15)22-20(24)14-2-3-14/h4-11,14H,2-3,12-13H2,1H3,(H,21,23)(H,22,24). The fourth-order valence-electron chi connectivity index (χ4n) is 2.38. The third-order valence-corrected chi connectivity index (χ3v) is 5.06. The van der Waals surface area contributed by atoms with Crippen LogP contribution in [0.4, 0.5) is 11.4 Å². The zero-order valence-electron chi connectivity index (χ0n) is 14.7. The Morgan fingerprint density at radius 1 is 1.00 bits per heavy atom. The minimum absolute atomic E-state index is 0.0271. The summed E-state index contributed by atoms with van der Waals surface area (Å²) in [4.78, 5) is 24.9. The first-order chi connectivity index (χ1) is 12.6. The quantitative estimate of drug-likeness (QED) is 0.685. The molecular weight excluding hydrogens is 348 g/mol. The van der Waals surface area contributed by atoms with Crippen molar-refractivity contribution in [2.45, 2.75) is 24.2 Å². The van der Waals surface area contributed by atoms with Crippen molar-refractivity contribution in [2.75, 3.05) is 23.5 Å². The monoisotopic (exact) mass is 370 g/mol. The number of benzene rings is 2. The van der Waals surface area contributed by atoms with Gasteiger partial charge in [-0.05, 0) is 61.4 Å². The number of thioether (sulfide) groups is 1. The Morgan fingerprint density at radius 2 is 1.62 bits per heavy atom. The molecule has 0 bridgehead atoms. The molecule has 0 aromatic heterocycles. The van der Waals surface area contributed by atoms with E-state index in [9.17, 15) is 9.59 Å². The Labute approximate surface area is 157 Å². The lowest BCUT2D eigenvalue weighted by molar-refractivity contribution is -0.117. The van der Waals surface area contributed by atoms with Gasteiger partial charge in [-0.25, -0.2) is 0 Å². The molecule has 2 N–H and O–H groups in total. The molecule has 0 atom stereocenters. The second-order valence-electron chi connectivity index (χ2n) is 6.16. The molecule has 0 radical (unpaired) electrons. The Hall–Kier alpha value is -2.47. The van der Waals surface area contributed by atoms with Crippen molar-refractivity contribution in [3.05, 3.63) is 48.5 Å². The minimum Gasteiger partial charge on any atom is -0.497 e. The van der Waals surface area contributed by atoms with Gasteiger partial charge in [0.15, 0.2) is 0 Å². The van der Waals surface area contributed by atoms with Crippen LogP contribution in [0.25, 0.3) is 0 Å². The molecule has 26 heavy (non-hydrogen) atoms. The predicted molar refractivity (Wildman–Crippen MR) is 105 cm³/mol. The summed E-state index contributed by atoms with van der Waals surface area (Å²) in [6.07, 6.45) is 2.39. The maximum Gasteiger partial charge on any atom is 0.227 e. The summed E-state index contributed by atoms with van der Waals surface area (Å²) in [5, 5.41) is 5.76. The van der Waals surface area contributed by atoms with Gasteiger partial charge < -0.3 is 15.4 Å². The summed E-state index contributed by atoms with van der Waals surface area (Å²) in [7, 11) is 1.64. The lowest BCUT2D eigenvalue weighted by atomic mass is 10.2. The van der Waals surface area contributed by atoms with Crippen LogP contribution < -0.4 is 15.4 Å². The first-order valence-electron chi connectivity index (χ1n) is 8.61. The van der Waals surface area contributed by atoms with Crippen molar-refractivity contribution in [3.8, 4) is 5.75 Å². The van der Waals surface area contributed by atoms with Crippen molar-refractivity contribution >= 4 is 35.0 Å². The highest BCUT2D eigenvalue weighted by Crippen LogP contribution is 2.30. The lowest BCUT2D eigenvalue weighted by Gasteiger charge is -2.08. The van der Waals surface area contributed by atoms with Crippen LogP contribution in [0.1, 0.15) is 19.3 Å². The second kappa shape index (κ2) is 8.76. The average Bonchev–Trinajstić information content (AvgIpc) is 3.49. The first kappa shape index (κ1) is 18.3. The van der Waals surface area contributed by atoms with E-state index in [-0.39, 0.29) is 17.7 Å². The molecule has 1 saturated carbocycles. The Balaban J connectivity index is 1.40. The highest BCUT2D eigenvalue weighted by Gasteiger charge is 2.29. The van der Waals surface area contributed by atoms with E-state index in [1.54, 1.807) is 31.0 Å². The molecule has 6 heteroatoms. The predicted octanol–water partition coefficient (Wildman–Crippen LogP) is 4.16. The van der Waals surface area contributed by atoms with E-state index < -0.39 is 0 Å². The maximum atomic E-state index is 12.0. The lowest BCUT2D eigenvalue weighted by Crippen LogP contribution is -2.14. The fraction of sp³-hybridized carbons (Fsp3) is 0.300. The first-order valence-corrected chi connectivity index (χ1v) is 9.60. The van der Waals surface area contributed by atoms with Gasteiger partial charge in [0.1, 0.15) is 5.75 Å². The van der Waals surface area contributed by atoms with E-state index >= 15 is 0 Å². The van der Waals surface area contributed by atoms with Crippen molar-refractivity contribution in [1.82, 2.24) is 0 Å². The van der Waals surface area contributed by atoms with Crippen LogP contribution >= 0.6 is 11.8 Å². The number of hydrogen-bond donors (Lipinski definition) is 2. The van der Waals surface area contributed by atoms with Gasteiger partial charge in [0, 0.05) is 34.4 Å². The van der Waals surface area contributed by atoms with E-state index in [4.69, 9.17) is 4.74 Å². The summed E-state index contributed by atoms with van der Waals surface area (Å²) in [5.41, 5.74) is 1.49. The summed E-state index contributed by atoms with van der Waals surface area (Å²) in [6.45, 7) is 0. The topological polar surface area (TPSA) is 67.4 Å². The molecular formula is C20H22N2O3S. The summed E-state index contributed by atoms with van der Waals surface area (Å²) in [6, 6.07) is 15.0. The average molecular weight is 370 g/mol. The van der Waals surface area contributed by atoms with E-state index in [1.165, 1.54) is 0 Å². The van der Waals surface area contributed by atoms with Gasteiger partial charge in [-0.1, -0.05) is 0 Å². The summed E-state index contributed by atoms with van der Waals surface area (Å²) < 4.78 is 5.13. The molecule has 1 fully saturated rings. The smallest absolute Gasteiger partial charge is 0.227 e. The molecule has 0 spiro atoms. The molecule has 0 aliphatic heterocycles. The molecule has 3 rings (SSSR count). The number of hydrogen-bond acceptors (Lipinski definition) is 4.